The third-order valence-electron chi connectivity index (χ3n) is 3.24. The number of hydrogen-bond donors (Lipinski definition) is 0. The number of thiophene rings is 1. The molecule has 21 heavy (non-hydrogen) atoms. The summed E-state index contributed by atoms with van der Waals surface area (Å²) in [6.07, 6.45) is 8.32. The van der Waals surface area contributed by atoms with Gasteiger partial charge in [-0.15, -0.1) is 11.3 Å². The number of fused-ring (bicyclic) bond motifs is 2. The third kappa shape index (κ3) is 2.15. The van der Waals surface area contributed by atoms with Crippen LogP contribution < -0.4 is 9.47 Å². The molecular weight excluding hydrogens is 286 g/mol. The zero-order valence-corrected chi connectivity index (χ0v) is 12.4. The Kier molecular flexibility index (Phi) is 3.58. The van der Waals surface area contributed by atoms with E-state index in [0.29, 0.717) is 0 Å². The maximum absolute atomic E-state index is 10.4. The van der Waals surface area contributed by atoms with Crippen LogP contribution in [0.4, 0.5) is 0 Å². The quantitative estimate of drug-likeness (QED) is 0.691. The number of aromatic nitrogens is 1. The van der Waals surface area contributed by atoms with E-state index < -0.39 is 0 Å². The largest absolute Gasteiger partial charge is 0.495 e. The molecule has 3 rings (SSSR count). The highest BCUT2D eigenvalue weighted by atomic mass is 32.1. The third-order valence-corrected chi connectivity index (χ3v) is 4.34. The van der Waals surface area contributed by atoms with Crippen LogP contribution in [0.25, 0.3) is 26.9 Å². The van der Waals surface area contributed by atoms with Gasteiger partial charge < -0.3 is 9.47 Å². The van der Waals surface area contributed by atoms with Crippen molar-refractivity contribution in [2.45, 2.75) is 0 Å². The van der Waals surface area contributed by atoms with E-state index in [1.807, 2.05) is 12.1 Å². The van der Waals surface area contributed by atoms with Crippen LogP contribution in [-0.4, -0.2) is 25.5 Å². The number of hydrogen-bond acceptors (Lipinski definition) is 5. The Morgan fingerprint density at radius 1 is 1.19 bits per heavy atom. The highest BCUT2D eigenvalue weighted by molar-refractivity contribution is 7.20. The number of allylic oxidation sites excluding steroid dienone is 1. The fourth-order valence-corrected chi connectivity index (χ4v) is 3.51. The Morgan fingerprint density at radius 3 is 2.71 bits per heavy atom. The first-order valence-electron chi connectivity index (χ1n) is 6.25. The molecule has 1 radical (unpaired) electrons. The predicted molar refractivity (Wildman–Crippen MR) is 85.0 cm³/mol. The van der Waals surface area contributed by atoms with Crippen molar-refractivity contribution < 1.29 is 14.3 Å². The number of benzene rings is 1. The molecule has 105 valence electrons. The molecule has 0 aliphatic carbocycles. The predicted octanol–water partition coefficient (Wildman–Crippen LogP) is 3.59. The van der Waals surface area contributed by atoms with Gasteiger partial charge >= 0.3 is 0 Å². The molecule has 0 atom stereocenters. The van der Waals surface area contributed by atoms with Crippen LogP contribution in [0, 0.1) is 0 Å². The van der Waals surface area contributed by atoms with E-state index in [0.717, 1.165) is 37.2 Å². The molecule has 0 unspecified atom stereocenters. The standard InChI is InChI=1S/C16H12NO3S/c1-19-14-12-8-10(4-3-7-18)21-16(12)15(20-2)11-5-6-17-9-13(11)14/h3-6,8-9H,1-2H3/b4-3+. The van der Waals surface area contributed by atoms with Gasteiger partial charge in [0.2, 0.25) is 6.29 Å². The highest BCUT2D eigenvalue weighted by Crippen LogP contribution is 2.46. The molecule has 0 N–H and O–H groups in total. The Hall–Kier alpha value is -2.40. The molecule has 0 aliphatic rings. The minimum absolute atomic E-state index is 0.764. The second kappa shape index (κ2) is 5.54. The first-order valence-corrected chi connectivity index (χ1v) is 7.07. The molecule has 3 aromatic rings. The van der Waals surface area contributed by atoms with E-state index in [4.69, 9.17) is 9.47 Å². The number of rotatable bonds is 4. The smallest absolute Gasteiger partial charge is 0.225 e. The number of ether oxygens (including phenoxy) is 2. The van der Waals surface area contributed by atoms with Crippen LogP contribution in [-0.2, 0) is 4.79 Å². The average Bonchev–Trinajstić information content (AvgIpc) is 2.93. The summed E-state index contributed by atoms with van der Waals surface area (Å²) < 4.78 is 12.1. The fraction of sp³-hybridized carbons (Fsp3) is 0.125. The van der Waals surface area contributed by atoms with Gasteiger partial charge in [-0.3, -0.25) is 9.78 Å². The van der Waals surface area contributed by atoms with Gasteiger partial charge in [-0.1, -0.05) is 0 Å². The van der Waals surface area contributed by atoms with Gasteiger partial charge in [0.25, 0.3) is 0 Å². The van der Waals surface area contributed by atoms with E-state index in [1.54, 1.807) is 50.3 Å². The monoisotopic (exact) mass is 298 g/mol. The van der Waals surface area contributed by atoms with Crippen molar-refractivity contribution in [2.75, 3.05) is 14.2 Å². The highest BCUT2D eigenvalue weighted by Gasteiger charge is 2.17. The van der Waals surface area contributed by atoms with E-state index in [9.17, 15) is 4.79 Å². The summed E-state index contributed by atoms with van der Waals surface area (Å²) in [5.41, 5.74) is 0. The molecule has 0 saturated carbocycles. The Labute approximate surface area is 125 Å². The van der Waals surface area contributed by atoms with Gasteiger partial charge in [0.05, 0.1) is 18.9 Å². The Morgan fingerprint density at radius 2 is 2.00 bits per heavy atom. The second-order valence-electron chi connectivity index (χ2n) is 4.33. The lowest BCUT2D eigenvalue weighted by Crippen LogP contribution is -1.91. The summed E-state index contributed by atoms with van der Waals surface area (Å²) in [5.74, 6) is 1.56. The minimum Gasteiger partial charge on any atom is -0.495 e. The lowest BCUT2D eigenvalue weighted by atomic mass is 10.1. The van der Waals surface area contributed by atoms with Crippen molar-refractivity contribution in [3.63, 3.8) is 0 Å². The molecule has 0 spiro atoms. The van der Waals surface area contributed by atoms with Crippen LogP contribution >= 0.6 is 11.3 Å². The maximum atomic E-state index is 10.4. The molecule has 1 aromatic carbocycles. The summed E-state index contributed by atoms with van der Waals surface area (Å²) in [6, 6.07) is 3.88. The zero-order chi connectivity index (χ0) is 14.8. The Balaban J connectivity index is 2.44. The van der Waals surface area contributed by atoms with Gasteiger partial charge in [-0.25, -0.2) is 0 Å². The molecule has 2 aromatic heterocycles. The van der Waals surface area contributed by atoms with Crippen molar-refractivity contribution in [1.29, 1.82) is 0 Å². The Bertz CT molecular complexity index is 791. The van der Waals surface area contributed by atoms with Crippen molar-refractivity contribution in [3.8, 4) is 11.5 Å². The minimum atomic E-state index is 0.764. The van der Waals surface area contributed by atoms with Crippen molar-refractivity contribution >= 4 is 44.6 Å². The van der Waals surface area contributed by atoms with Gasteiger partial charge in [0, 0.05) is 33.4 Å². The molecule has 0 fully saturated rings. The van der Waals surface area contributed by atoms with Crippen molar-refractivity contribution in [1.82, 2.24) is 4.98 Å². The van der Waals surface area contributed by atoms with Gasteiger partial charge in [0.15, 0.2) is 0 Å². The fourth-order valence-electron chi connectivity index (χ4n) is 2.41. The summed E-state index contributed by atoms with van der Waals surface area (Å²) in [7, 11) is 3.29. The lowest BCUT2D eigenvalue weighted by Gasteiger charge is -2.11. The van der Waals surface area contributed by atoms with Gasteiger partial charge in [-0.2, -0.15) is 0 Å². The molecule has 0 saturated heterocycles. The normalized spacial score (nSPS) is 11.3. The number of pyridine rings is 1. The first-order chi connectivity index (χ1) is 10.3. The maximum Gasteiger partial charge on any atom is 0.225 e. The van der Waals surface area contributed by atoms with Crippen molar-refractivity contribution in [3.05, 3.63) is 35.5 Å². The van der Waals surface area contributed by atoms with Gasteiger partial charge in [0.1, 0.15) is 11.5 Å². The summed E-state index contributed by atoms with van der Waals surface area (Å²) in [5, 5.41) is 2.81. The number of methoxy groups -OCH3 is 2. The van der Waals surface area contributed by atoms with E-state index in [2.05, 4.69) is 4.98 Å². The van der Waals surface area contributed by atoms with Crippen LogP contribution in [0.1, 0.15) is 4.88 Å². The number of nitrogens with zero attached hydrogens (tertiary/aromatic N) is 1. The van der Waals surface area contributed by atoms with Crippen LogP contribution in [0.2, 0.25) is 0 Å². The molecule has 4 nitrogen and oxygen atoms in total. The number of carbonyl (C=O) groups excluding carboxylic acids is 1. The summed E-state index contributed by atoms with van der Waals surface area (Å²) in [4.78, 5) is 15.5. The summed E-state index contributed by atoms with van der Waals surface area (Å²) in [6.45, 7) is 0. The molecule has 0 bridgehead atoms. The van der Waals surface area contributed by atoms with E-state index in [-0.39, 0.29) is 0 Å². The molecule has 0 amide bonds. The lowest BCUT2D eigenvalue weighted by molar-refractivity contribution is 0.418. The first kappa shape index (κ1) is 13.6. The van der Waals surface area contributed by atoms with Crippen LogP contribution in [0.15, 0.2) is 30.6 Å². The zero-order valence-electron chi connectivity index (χ0n) is 11.5. The molecule has 0 aliphatic heterocycles. The van der Waals surface area contributed by atoms with Crippen molar-refractivity contribution in [2.24, 2.45) is 0 Å². The second-order valence-corrected chi connectivity index (χ2v) is 5.41. The molecular formula is C16H12NO3S. The SMILES string of the molecule is COc1c2cnccc2c(OC)c2sc(/C=C/[C]=O)cc12. The molecule has 5 heteroatoms. The van der Waals surface area contributed by atoms with E-state index in [1.165, 1.54) is 6.08 Å². The van der Waals surface area contributed by atoms with Crippen LogP contribution in [0.3, 0.4) is 0 Å². The average molecular weight is 298 g/mol. The van der Waals surface area contributed by atoms with E-state index >= 15 is 0 Å². The summed E-state index contributed by atoms with van der Waals surface area (Å²) >= 11 is 1.54. The van der Waals surface area contributed by atoms with Gasteiger partial charge in [-0.05, 0) is 24.3 Å². The molecule has 2 heterocycles. The topological polar surface area (TPSA) is 48.4 Å². The van der Waals surface area contributed by atoms with Crippen LogP contribution in [0.5, 0.6) is 11.5 Å².